The number of hydrogen-bond acceptors (Lipinski definition) is 2. The van der Waals surface area contributed by atoms with E-state index in [-0.39, 0.29) is 0 Å². The molecule has 0 saturated heterocycles. The predicted octanol–water partition coefficient (Wildman–Crippen LogP) is 4.30. The molecule has 0 saturated carbocycles. The topological polar surface area (TPSA) is 26.3 Å². The molecule has 0 aliphatic rings. The van der Waals surface area contributed by atoms with E-state index in [0.29, 0.717) is 11.7 Å². The van der Waals surface area contributed by atoms with Crippen molar-refractivity contribution in [2.24, 2.45) is 0 Å². The average molecular weight is 265 g/mol. The van der Waals surface area contributed by atoms with E-state index in [0.717, 1.165) is 0 Å². The lowest BCUT2D eigenvalue weighted by Crippen LogP contribution is -2.33. The van der Waals surface area contributed by atoms with Gasteiger partial charge in [0.15, 0.2) is 13.9 Å². The summed E-state index contributed by atoms with van der Waals surface area (Å²) in [6.45, 7) is 11.2. The predicted molar refractivity (Wildman–Crippen MR) is 78.4 cm³/mol. The fourth-order valence-electron chi connectivity index (χ4n) is 1.67. The monoisotopic (exact) mass is 264 g/mol. The Morgan fingerprint density at radius 3 is 2.12 bits per heavy atom. The molecule has 0 heterocycles. The third-order valence-corrected chi connectivity index (χ3v) is 4.85. The molecule has 16 heavy (non-hydrogen) atoms. The van der Waals surface area contributed by atoms with Crippen LogP contribution in [0.15, 0.2) is 0 Å². The Morgan fingerprint density at radius 2 is 1.75 bits per heavy atom. The highest BCUT2D eigenvalue weighted by Crippen LogP contribution is 2.18. The summed E-state index contributed by atoms with van der Waals surface area (Å²) in [7, 11) is -1.32. The number of thiol groups is 1. The highest BCUT2D eigenvalue weighted by atomic mass is 32.1. The molecule has 0 fully saturated rings. The molecule has 0 N–H and O–H groups in total. The van der Waals surface area contributed by atoms with Crippen LogP contribution in [-0.4, -0.2) is 20.0 Å². The van der Waals surface area contributed by atoms with Crippen molar-refractivity contribution in [2.75, 3.05) is 0 Å². The van der Waals surface area contributed by atoms with E-state index in [1.807, 2.05) is 0 Å². The van der Waals surface area contributed by atoms with Crippen molar-refractivity contribution in [3.05, 3.63) is 0 Å². The summed E-state index contributed by atoms with van der Waals surface area (Å²) in [4.78, 5) is 8.67. The lowest BCUT2D eigenvalue weighted by atomic mass is 10.2. The van der Waals surface area contributed by atoms with Gasteiger partial charge in [0, 0.05) is 6.10 Å². The Balaban J connectivity index is 0. The second kappa shape index (κ2) is 11.7. The third-order valence-electron chi connectivity index (χ3n) is 2.19. The van der Waals surface area contributed by atoms with Gasteiger partial charge in [0.1, 0.15) is 0 Å². The first-order chi connectivity index (χ1) is 7.39. The molecule has 0 aliphatic carbocycles. The van der Waals surface area contributed by atoms with Gasteiger partial charge in [0.25, 0.3) is 0 Å². The second-order valence-electron chi connectivity index (χ2n) is 4.84. The summed E-state index contributed by atoms with van der Waals surface area (Å²) in [5.41, 5.74) is 0.444. The number of rotatable bonds is 7. The van der Waals surface area contributed by atoms with E-state index in [1.54, 1.807) is 0 Å². The zero-order chi connectivity index (χ0) is 13.0. The minimum Gasteiger partial charge on any atom is -0.415 e. The normalized spacial score (nSPS) is 10.9. The van der Waals surface area contributed by atoms with Crippen LogP contribution in [0.1, 0.15) is 46.5 Å². The maximum absolute atomic E-state index is 8.67. The third kappa shape index (κ3) is 16.6. The molecule has 0 unspecified atom stereocenters. The summed E-state index contributed by atoms with van der Waals surface area (Å²) < 4.78 is 5.96. The zero-order valence-electron chi connectivity index (χ0n) is 11.5. The van der Waals surface area contributed by atoms with E-state index in [1.165, 1.54) is 31.7 Å². The fourth-order valence-corrected chi connectivity index (χ4v) is 4.17. The summed E-state index contributed by atoms with van der Waals surface area (Å²) in [5.74, 6) is 0. The van der Waals surface area contributed by atoms with E-state index in [4.69, 9.17) is 9.22 Å². The van der Waals surface area contributed by atoms with Gasteiger partial charge in [-0.3, -0.25) is 4.79 Å². The largest absolute Gasteiger partial charge is 0.415 e. The van der Waals surface area contributed by atoms with Crippen molar-refractivity contribution in [3.63, 3.8) is 0 Å². The molecule has 0 aromatic heterocycles. The molecule has 0 aromatic carbocycles. The second-order valence-corrected chi connectivity index (χ2v) is 9.31. The molecule has 4 heteroatoms. The van der Waals surface area contributed by atoms with Crippen molar-refractivity contribution in [1.29, 1.82) is 0 Å². The standard InChI is InChI=1S/C11H26OSi.CH2OS/c1-6-7-8-9-10-13(4,5)12-11(2)3;2-1-3/h11H,6-10H2,1-5H3;1H,(H,2,3). The zero-order valence-corrected chi connectivity index (χ0v) is 13.3. The van der Waals surface area contributed by atoms with Gasteiger partial charge < -0.3 is 4.43 Å². The van der Waals surface area contributed by atoms with Crippen molar-refractivity contribution in [1.82, 2.24) is 0 Å². The van der Waals surface area contributed by atoms with Crippen LogP contribution in [0.4, 0.5) is 0 Å². The molecule has 0 radical (unpaired) electrons. The molecular formula is C12H28O2SSi. The summed E-state index contributed by atoms with van der Waals surface area (Å²) in [6, 6.07) is 1.32. The van der Waals surface area contributed by atoms with Crippen molar-refractivity contribution >= 4 is 26.6 Å². The van der Waals surface area contributed by atoms with Crippen molar-refractivity contribution in [2.45, 2.75) is 71.7 Å². The highest BCUT2D eigenvalue weighted by Gasteiger charge is 2.22. The van der Waals surface area contributed by atoms with Crippen LogP contribution >= 0.6 is 12.6 Å². The first-order valence-electron chi connectivity index (χ1n) is 6.15. The lowest BCUT2D eigenvalue weighted by Gasteiger charge is -2.25. The number of carbonyl (C=O) groups is 1. The van der Waals surface area contributed by atoms with Crippen LogP contribution in [0.25, 0.3) is 0 Å². The Kier molecular flexibility index (Phi) is 13.5. The van der Waals surface area contributed by atoms with E-state index < -0.39 is 8.32 Å². The summed E-state index contributed by atoms with van der Waals surface area (Å²) in [5, 5.41) is 0. The maximum Gasteiger partial charge on any atom is 0.187 e. The molecular weight excluding hydrogens is 236 g/mol. The molecule has 0 spiro atoms. The summed E-state index contributed by atoms with van der Waals surface area (Å²) in [6.07, 6.45) is 5.86. The van der Waals surface area contributed by atoms with Crippen molar-refractivity contribution < 1.29 is 9.22 Å². The summed E-state index contributed by atoms with van der Waals surface area (Å²) >= 11 is 3.11. The maximum atomic E-state index is 8.67. The number of unbranched alkanes of at least 4 members (excludes halogenated alkanes) is 3. The van der Waals surface area contributed by atoms with Gasteiger partial charge in [0.2, 0.25) is 0 Å². The number of hydrogen-bond donors (Lipinski definition) is 1. The van der Waals surface area contributed by atoms with Crippen LogP contribution in [-0.2, 0) is 9.22 Å². The molecule has 0 aromatic rings. The van der Waals surface area contributed by atoms with Crippen LogP contribution in [0.5, 0.6) is 0 Å². The SMILES string of the molecule is CCCCCC[Si](C)(C)OC(C)C.O=CS. The molecule has 0 bridgehead atoms. The average Bonchev–Trinajstić information content (AvgIpc) is 2.11. The Labute approximate surface area is 108 Å². The van der Waals surface area contributed by atoms with Crippen LogP contribution in [0, 0.1) is 0 Å². The van der Waals surface area contributed by atoms with Crippen LogP contribution in [0.2, 0.25) is 19.1 Å². The van der Waals surface area contributed by atoms with Gasteiger partial charge in [-0.1, -0.05) is 32.6 Å². The van der Waals surface area contributed by atoms with E-state index in [2.05, 4.69) is 46.5 Å². The van der Waals surface area contributed by atoms with Crippen LogP contribution in [0.3, 0.4) is 0 Å². The Hall–Kier alpha value is 0.197. The van der Waals surface area contributed by atoms with Gasteiger partial charge in [-0.2, -0.15) is 0 Å². The van der Waals surface area contributed by atoms with Crippen LogP contribution < -0.4 is 0 Å². The quantitative estimate of drug-likeness (QED) is 0.321. The van der Waals surface area contributed by atoms with E-state index in [9.17, 15) is 0 Å². The van der Waals surface area contributed by atoms with Crippen molar-refractivity contribution in [3.8, 4) is 0 Å². The van der Waals surface area contributed by atoms with Gasteiger partial charge >= 0.3 is 0 Å². The van der Waals surface area contributed by atoms with Gasteiger partial charge in [-0.25, -0.2) is 0 Å². The number of carbonyl (C=O) groups excluding carboxylic acids is 1. The van der Waals surface area contributed by atoms with Gasteiger partial charge in [-0.05, 0) is 33.0 Å². The highest BCUT2D eigenvalue weighted by molar-refractivity contribution is 7.94. The molecule has 2 nitrogen and oxygen atoms in total. The first-order valence-corrected chi connectivity index (χ1v) is 9.78. The van der Waals surface area contributed by atoms with E-state index >= 15 is 0 Å². The first kappa shape index (κ1) is 18.6. The molecule has 0 atom stereocenters. The molecule has 0 rings (SSSR count). The molecule has 0 amide bonds. The van der Waals surface area contributed by atoms with Gasteiger partial charge in [-0.15, -0.1) is 12.6 Å². The Bertz CT molecular complexity index is 161. The fraction of sp³-hybridized carbons (Fsp3) is 0.917. The molecule has 98 valence electrons. The van der Waals surface area contributed by atoms with Gasteiger partial charge in [0.05, 0.1) is 0 Å². The minimum absolute atomic E-state index is 0.410. The Morgan fingerprint density at radius 1 is 1.25 bits per heavy atom. The lowest BCUT2D eigenvalue weighted by molar-refractivity contribution is 0.230. The minimum atomic E-state index is -1.32. The smallest absolute Gasteiger partial charge is 0.187 e. The molecule has 0 aliphatic heterocycles.